The monoisotopic (exact) mass is 416 g/mol. The number of allylic oxidation sites excluding steroid dienone is 1. The molecule has 0 aromatic heterocycles. The number of carbonyl (C=O) groups is 1. The molecule has 0 bridgehead atoms. The zero-order valence-electron chi connectivity index (χ0n) is 16.6. The van der Waals surface area contributed by atoms with Gasteiger partial charge in [-0.1, -0.05) is 24.3 Å². The van der Waals surface area contributed by atoms with Crippen molar-refractivity contribution in [3.8, 4) is 0 Å². The Morgan fingerprint density at radius 2 is 1.87 bits per heavy atom. The highest BCUT2D eigenvalue weighted by atomic mass is 19.4. The van der Waals surface area contributed by atoms with E-state index in [1.54, 1.807) is 23.2 Å². The van der Waals surface area contributed by atoms with Crippen LogP contribution in [0.15, 0.2) is 51.4 Å². The normalized spacial score (nSPS) is 27.7. The number of halogens is 3. The summed E-state index contributed by atoms with van der Waals surface area (Å²) in [6.45, 7) is 1.06. The molecular formula is C22H23F3N4O. The number of amides is 1. The summed E-state index contributed by atoms with van der Waals surface area (Å²) < 4.78 is 40.2. The average molecular weight is 416 g/mol. The van der Waals surface area contributed by atoms with Crippen molar-refractivity contribution in [1.82, 2.24) is 4.90 Å². The van der Waals surface area contributed by atoms with Crippen LogP contribution in [0.4, 0.5) is 13.2 Å². The summed E-state index contributed by atoms with van der Waals surface area (Å²) in [7, 11) is 1.53. The van der Waals surface area contributed by atoms with E-state index in [-0.39, 0.29) is 29.5 Å². The number of hydrogen-bond acceptors (Lipinski definition) is 2. The maximum absolute atomic E-state index is 13.4. The van der Waals surface area contributed by atoms with Gasteiger partial charge in [0.1, 0.15) is 5.84 Å². The molecule has 5 nitrogen and oxygen atoms in total. The molecule has 1 aliphatic carbocycles. The molecule has 0 N–H and O–H groups in total. The van der Waals surface area contributed by atoms with Crippen molar-refractivity contribution < 1.29 is 18.0 Å². The highest BCUT2D eigenvalue weighted by Gasteiger charge is 2.45. The fourth-order valence-electron chi connectivity index (χ4n) is 4.78. The van der Waals surface area contributed by atoms with E-state index in [1.807, 2.05) is 12.2 Å². The van der Waals surface area contributed by atoms with Gasteiger partial charge in [-0.05, 0) is 48.3 Å². The number of likely N-dealkylation sites (tertiary alicyclic amines) is 1. The lowest BCUT2D eigenvalue weighted by Gasteiger charge is -2.21. The van der Waals surface area contributed by atoms with Gasteiger partial charge in [0.05, 0.1) is 5.56 Å². The van der Waals surface area contributed by atoms with E-state index in [4.69, 9.17) is 0 Å². The fourth-order valence-corrected chi connectivity index (χ4v) is 4.78. The quantitative estimate of drug-likeness (QED) is 0.502. The van der Waals surface area contributed by atoms with E-state index < -0.39 is 11.7 Å². The minimum absolute atomic E-state index is 0.122. The van der Waals surface area contributed by atoms with Gasteiger partial charge in [-0.25, -0.2) is 9.98 Å². The fraction of sp³-hybridized carbons (Fsp3) is 0.455. The standard InChI is InChI=1S/C22H23F3N4O/c1-26-20(28-19-8-4-5-9-27-19)21(30)29-12-15-10-14(11-16(15)13-29)17-6-2-3-7-18(17)22(23,24)25/h2-7,9,14-16H,8,10-13H2,1H3/t14?,15-,16+. The van der Waals surface area contributed by atoms with Crippen LogP contribution < -0.4 is 0 Å². The van der Waals surface area contributed by atoms with Gasteiger partial charge in [0, 0.05) is 32.8 Å². The molecule has 1 amide bonds. The van der Waals surface area contributed by atoms with E-state index >= 15 is 0 Å². The summed E-state index contributed by atoms with van der Waals surface area (Å²) in [6.07, 6.45) is 2.86. The van der Waals surface area contributed by atoms with E-state index in [1.165, 1.54) is 13.1 Å². The van der Waals surface area contributed by atoms with Crippen molar-refractivity contribution in [2.75, 3.05) is 20.1 Å². The topological polar surface area (TPSA) is 57.4 Å². The first-order valence-corrected chi connectivity index (χ1v) is 10.1. The molecule has 3 atom stereocenters. The van der Waals surface area contributed by atoms with Crippen molar-refractivity contribution in [3.05, 3.63) is 47.5 Å². The lowest BCUT2D eigenvalue weighted by atomic mass is 9.91. The van der Waals surface area contributed by atoms with Gasteiger partial charge >= 0.3 is 6.18 Å². The van der Waals surface area contributed by atoms with Crippen LogP contribution in [0.25, 0.3) is 0 Å². The Kier molecular flexibility index (Phi) is 5.58. The van der Waals surface area contributed by atoms with Gasteiger partial charge in [0.15, 0.2) is 0 Å². The number of hydrogen-bond donors (Lipinski definition) is 0. The van der Waals surface area contributed by atoms with Crippen LogP contribution in [0.2, 0.25) is 0 Å². The van der Waals surface area contributed by atoms with Crippen LogP contribution in [-0.4, -0.2) is 48.8 Å². The van der Waals surface area contributed by atoms with E-state index in [0.717, 1.165) is 6.07 Å². The zero-order chi connectivity index (χ0) is 21.3. The molecule has 4 rings (SSSR count). The van der Waals surface area contributed by atoms with E-state index in [0.29, 0.717) is 43.8 Å². The number of benzene rings is 1. The van der Waals surface area contributed by atoms with Crippen molar-refractivity contribution in [3.63, 3.8) is 0 Å². The van der Waals surface area contributed by atoms with Crippen molar-refractivity contribution in [2.45, 2.75) is 31.4 Å². The van der Waals surface area contributed by atoms with Crippen LogP contribution in [0.1, 0.15) is 36.3 Å². The second-order valence-corrected chi connectivity index (χ2v) is 7.97. The third-order valence-corrected chi connectivity index (χ3v) is 6.13. The molecule has 1 unspecified atom stereocenters. The van der Waals surface area contributed by atoms with Crippen LogP contribution in [0.5, 0.6) is 0 Å². The Morgan fingerprint density at radius 3 is 2.47 bits per heavy atom. The minimum Gasteiger partial charge on any atom is -0.335 e. The summed E-state index contributed by atoms with van der Waals surface area (Å²) in [4.78, 5) is 27.1. The first-order valence-electron chi connectivity index (χ1n) is 10.1. The maximum Gasteiger partial charge on any atom is 0.416 e. The Hall–Kier alpha value is -2.77. The Morgan fingerprint density at radius 1 is 1.17 bits per heavy atom. The average Bonchev–Trinajstić information content (AvgIpc) is 3.31. The molecule has 0 radical (unpaired) electrons. The van der Waals surface area contributed by atoms with E-state index in [9.17, 15) is 18.0 Å². The van der Waals surface area contributed by atoms with Gasteiger partial charge in [-0.15, -0.1) is 0 Å². The highest BCUT2D eigenvalue weighted by Crippen LogP contribution is 2.48. The molecule has 8 heteroatoms. The molecule has 2 fully saturated rings. The first kappa shape index (κ1) is 20.5. The smallest absolute Gasteiger partial charge is 0.335 e. The zero-order valence-corrected chi connectivity index (χ0v) is 16.6. The number of fused-ring (bicyclic) bond motifs is 1. The molecule has 1 saturated heterocycles. The Balaban J connectivity index is 1.43. The van der Waals surface area contributed by atoms with Crippen molar-refractivity contribution in [2.24, 2.45) is 26.8 Å². The molecule has 0 spiro atoms. The Labute approximate surface area is 173 Å². The second kappa shape index (κ2) is 8.16. The van der Waals surface area contributed by atoms with Crippen LogP contribution >= 0.6 is 0 Å². The molecule has 1 aromatic carbocycles. The molecular weight excluding hydrogens is 393 g/mol. The maximum atomic E-state index is 13.4. The van der Waals surface area contributed by atoms with Gasteiger partial charge in [-0.3, -0.25) is 9.79 Å². The molecule has 1 aromatic rings. The van der Waals surface area contributed by atoms with Gasteiger partial charge in [0.25, 0.3) is 5.91 Å². The summed E-state index contributed by atoms with van der Waals surface area (Å²) >= 11 is 0. The molecule has 2 aliphatic heterocycles. The van der Waals surface area contributed by atoms with Gasteiger partial charge in [-0.2, -0.15) is 13.2 Å². The lowest BCUT2D eigenvalue weighted by molar-refractivity contribution is -0.138. The summed E-state index contributed by atoms with van der Waals surface area (Å²) in [5.41, 5.74) is -0.163. The number of rotatable bonds is 1. The number of dihydropyridines is 1. The second-order valence-electron chi connectivity index (χ2n) is 7.97. The Bertz CT molecular complexity index is 934. The molecule has 1 saturated carbocycles. The predicted molar refractivity (Wildman–Crippen MR) is 110 cm³/mol. The van der Waals surface area contributed by atoms with Crippen LogP contribution in [0.3, 0.4) is 0 Å². The number of aliphatic imine (C=N–C) groups is 3. The first-order chi connectivity index (χ1) is 14.4. The van der Waals surface area contributed by atoms with Crippen LogP contribution in [-0.2, 0) is 11.0 Å². The SMILES string of the molecule is CN=C(N=C1CC=CC=N1)C(=O)N1C[C@H]2CC(c3ccccc3C(F)(F)F)C[C@H]2C1. The summed E-state index contributed by atoms with van der Waals surface area (Å²) in [5, 5.41) is 0. The van der Waals surface area contributed by atoms with Crippen molar-refractivity contribution >= 4 is 23.8 Å². The highest BCUT2D eigenvalue weighted by molar-refractivity contribution is 6.40. The number of alkyl halides is 3. The van der Waals surface area contributed by atoms with Crippen molar-refractivity contribution in [1.29, 1.82) is 0 Å². The molecule has 158 valence electrons. The van der Waals surface area contributed by atoms with Gasteiger partial charge < -0.3 is 4.90 Å². The van der Waals surface area contributed by atoms with Gasteiger partial charge in [0.2, 0.25) is 5.84 Å². The number of nitrogens with zero attached hydrogens (tertiary/aromatic N) is 4. The molecule has 30 heavy (non-hydrogen) atoms. The third kappa shape index (κ3) is 4.08. The largest absolute Gasteiger partial charge is 0.416 e. The molecule has 2 heterocycles. The predicted octanol–water partition coefficient (Wildman–Crippen LogP) is 4.11. The van der Waals surface area contributed by atoms with Crippen LogP contribution in [0, 0.1) is 11.8 Å². The third-order valence-electron chi connectivity index (χ3n) is 6.13. The number of amidine groups is 2. The lowest BCUT2D eigenvalue weighted by Crippen LogP contribution is -2.35. The molecule has 3 aliphatic rings. The number of carbonyl (C=O) groups excluding carboxylic acids is 1. The summed E-state index contributed by atoms with van der Waals surface area (Å²) in [6, 6.07) is 5.85. The van der Waals surface area contributed by atoms with E-state index in [2.05, 4.69) is 15.0 Å². The summed E-state index contributed by atoms with van der Waals surface area (Å²) in [5.74, 6) is 0.684. The minimum atomic E-state index is -4.35.